The molecule has 0 unspecified atom stereocenters. The molecule has 0 aromatic carbocycles. The molecule has 0 amide bonds. The molecule has 0 saturated carbocycles. The molecule has 8 nitrogen and oxygen atoms in total. The summed E-state index contributed by atoms with van der Waals surface area (Å²) in [4.78, 5) is 23.1. The molecule has 0 atom stereocenters. The number of hydrogen-bond acceptors (Lipinski definition) is 7. The molecule has 0 saturated heterocycles. The highest BCUT2D eigenvalue weighted by Gasteiger charge is 2.20. The van der Waals surface area contributed by atoms with Crippen LogP contribution in [0.2, 0.25) is 0 Å². The second kappa shape index (κ2) is 9.91. The van der Waals surface area contributed by atoms with Crippen LogP contribution in [0, 0.1) is 0 Å². The summed E-state index contributed by atoms with van der Waals surface area (Å²) in [5.41, 5.74) is 0.136. The number of nitrogens with zero attached hydrogens (tertiary/aromatic N) is 2. The summed E-state index contributed by atoms with van der Waals surface area (Å²) in [6.07, 6.45) is 1.93. The fourth-order valence-corrected chi connectivity index (χ4v) is 1.55. The van der Waals surface area contributed by atoms with E-state index >= 15 is 0 Å². The number of methoxy groups -OCH3 is 1. The Kier molecular flexibility index (Phi) is 8.16. The molecule has 1 rings (SSSR count). The van der Waals surface area contributed by atoms with E-state index in [0.29, 0.717) is 32.8 Å². The fraction of sp³-hybridized carbons (Fsp3) is 0.643. The molecule has 124 valence electrons. The highest BCUT2D eigenvalue weighted by molar-refractivity contribution is 5.92. The van der Waals surface area contributed by atoms with Crippen LogP contribution in [-0.4, -0.2) is 61.8 Å². The Morgan fingerprint density at radius 1 is 1.23 bits per heavy atom. The van der Waals surface area contributed by atoms with Gasteiger partial charge in [-0.25, -0.2) is 9.48 Å². The van der Waals surface area contributed by atoms with Crippen molar-refractivity contribution in [1.82, 2.24) is 9.78 Å². The summed E-state index contributed by atoms with van der Waals surface area (Å²) in [7, 11) is 1.61. The van der Waals surface area contributed by atoms with Crippen molar-refractivity contribution in [2.75, 3.05) is 40.1 Å². The van der Waals surface area contributed by atoms with Crippen molar-refractivity contribution >= 4 is 11.9 Å². The van der Waals surface area contributed by atoms with E-state index in [1.807, 2.05) is 0 Å². The molecule has 1 aromatic rings. The molecule has 0 aliphatic heterocycles. The van der Waals surface area contributed by atoms with Crippen molar-refractivity contribution in [3.05, 3.63) is 11.8 Å². The molecule has 0 spiro atoms. The number of ether oxygens (including phenoxy) is 4. The van der Waals surface area contributed by atoms with Gasteiger partial charge in [0, 0.05) is 27.1 Å². The quantitative estimate of drug-likeness (QED) is 0.473. The van der Waals surface area contributed by atoms with Crippen LogP contribution in [0.3, 0.4) is 0 Å². The van der Waals surface area contributed by atoms with Crippen molar-refractivity contribution in [2.24, 2.45) is 0 Å². The summed E-state index contributed by atoms with van der Waals surface area (Å²) in [6, 6.07) is 0. The average Bonchev–Trinajstić information content (AvgIpc) is 2.91. The van der Waals surface area contributed by atoms with Crippen molar-refractivity contribution < 1.29 is 28.5 Å². The molecule has 0 radical (unpaired) electrons. The largest absolute Gasteiger partial charge is 0.476 e. The van der Waals surface area contributed by atoms with Gasteiger partial charge in [-0.15, -0.1) is 5.10 Å². The van der Waals surface area contributed by atoms with E-state index < -0.39 is 5.97 Å². The van der Waals surface area contributed by atoms with E-state index in [4.69, 9.17) is 18.9 Å². The molecule has 0 N–H and O–H groups in total. The third-order valence-electron chi connectivity index (χ3n) is 2.60. The number of rotatable bonds is 10. The summed E-state index contributed by atoms with van der Waals surface area (Å²) in [6.45, 7) is 5.15. The van der Waals surface area contributed by atoms with Gasteiger partial charge < -0.3 is 18.9 Å². The molecule has 1 heterocycles. The van der Waals surface area contributed by atoms with Gasteiger partial charge in [0.25, 0.3) is 0 Å². The van der Waals surface area contributed by atoms with Crippen molar-refractivity contribution in [1.29, 1.82) is 0 Å². The first-order chi connectivity index (χ1) is 10.6. The van der Waals surface area contributed by atoms with Crippen LogP contribution in [0.15, 0.2) is 6.20 Å². The first-order valence-electron chi connectivity index (χ1n) is 7.07. The van der Waals surface area contributed by atoms with Crippen LogP contribution in [0.25, 0.3) is 0 Å². The van der Waals surface area contributed by atoms with E-state index in [2.05, 4.69) is 5.10 Å². The monoisotopic (exact) mass is 314 g/mol. The Balaban J connectivity index is 2.53. The zero-order chi connectivity index (χ0) is 16.4. The SMILES string of the molecule is CCOC(=O)c1cn(C(C)=O)nc1OCCCOCCOC. The molecule has 0 fully saturated rings. The van der Waals surface area contributed by atoms with E-state index in [9.17, 15) is 9.59 Å². The maximum Gasteiger partial charge on any atom is 0.345 e. The molecule has 22 heavy (non-hydrogen) atoms. The molecule has 0 aliphatic carbocycles. The predicted molar refractivity (Wildman–Crippen MR) is 77.3 cm³/mol. The standard InChI is InChI=1S/C14H22N2O6/c1-4-21-14(18)12-10-16(11(2)17)15-13(12)22-7-5-6-20-9-8-19-3/h10H,4-9H2,1-3H3. The summed E-state index contributed by atoms with van der Waals surface area (Å²) in [5, 5.41) is 3.94. The molecule has 0 aliphatic rings. The van der Waals surface area contributed by atoms with Gasteiger partial charge in [-0.3, -0.25) is 4.79 Å². The molecule has 0 bridgehead atoms. The average molecular weight is 314 g/mol. The van der Waals surface area contributed by atoms with Gasteiger partial charge in [0.1, 0.15) is 5.56 Å². The van der Waals surface area contributed by atoms with Gasteiger partial charge in [0.15, 0.2) is 0 Å². The van der Waals surface area contributed by atoms with Crippen molar-refractivity contribution in [2.45, 2.75) is 20.3 Å². The lowest BCUT2D eigenvalue weighted by atomic mass is 10.3. The second-order valence-electron chi connectivity index (χ2n) is 4.34. The number of carbonyl (C=O) groups is 2. The van der Waals surface area contributed by atoms with Crippen LogP contribution in [0.1, 0.15) is 35.4 Å². The van der Waals surface area contributed by atoms with Crippen LogP contribution in [0.4, 0.5) is 0 Å². The second-order valence-corrected chi connectivity index (χ2v) is 4.34. The van der Waals surface area contributed by atoms with Gasteiger partial charge in [-0.05, 0) is 6.92 Å². The summed E-state index contributed by atoms with van der Waals surface area (Å²) < 4.78 is 21.6. The first-order valence-corrected chi connectivity index (χ1v) is 7.07. The zero-order valence-corrected chi connectivity index (χ0v) is 13.2. The highest BCUT2D eigenvalue weighted by atomic mass is 16.5. The first kappa shape index (κ1) is 18.1. The third kappa shape index (κ3) is 5.82. The molecule has 8 heteroatoms. The Labute approximate surface area is 129 Å². The topological polar surface area (TPSA) is 88.9 Å². The normalized spacial score (nSPS) is 10.5. The fourth-order valence-electron chi connectivity index (χ4n) is 1.55. The minimum absolute atomic E-state index is 0.0885. The van der Waals surface area contributed by atoms with Gasteiger partial charge in [0.05, 0.1) is 32.6 Å². The summed E-state index contributed by atoms with van der Waals surface area (Å²) >= 11 is 0. The Morgan fingerprint density at radius 3 is 2.64 bits per heavy atom. The Hall–Kier alpha value is -1.93. The van der Waals surface area contributed by atoms with Crippen LogP contribution < -0.4 is 4.74 Å². The highest BCUT2D eigenvalue weighted by Crippen LogP contribution is 2.17. The zero-order valence-electron chi connectivity index (χ0n) is 13.2. The van der Waals surface area contributed by atoms with Gasteiger partial charge in [0.2, 0.25) is 11.8 Å². The van der Waals surface area contributed by atoms with E-state index in [1.165, 1.54) is 13.1 Å². The minimum atomic E-state index is -0.568. The van der Waals surface area contributed by atoms with Gasteiger partial charge in [-0.1, -0.05) is 0 Å². The minimum Gasteiger partial charge on any atom is -0.476 e. The Morgan fingerprint density at radius 2 is 2.00 bits per heavy atom. The van der Waals surface area contributed by atoms with Crippen molar-refractivity contribution in [3.8, 4) is 5.88 Å². The molecular formula is C14H22N2O6. The number of hydrogen-bond donors (Lipinski definition) is 0. The van der Waals surface area contributed by atoms with Crippen molar-refractivity contribution in [3.63, 3.8) is 0 Å². The van der Waals surface area contributed by atoms with E-state index in [0.717, 1.165) is 4.68 Å². The lowest BCUT2D eigenvalue weighted by Crippen LogP contribution is -2.09. The number of carbonyl (C=O) groups excluding carboxylic acids is 2. The van der Waals surface area contributed by atoms with E-state index in [-0.39, 0.29) is 24.0 Å². The third-order valence-corrected chi connectivity index (χ3v) is 2.60. The Bertz CT molecular complexity index is 486. The van der Waals surface area contributed by atoms with Crippen LogP contribution in [-0.2, 0) is 14.2 Å². The maximum absolute atomic E-state index is 11.8. The van der Waals surface area contributed by atoms with Crippen LogP contribution in [0.5, 0.6) is 5.88 Å². The van der Waals surface area contributed by atoms with E-state index in [1.54, 1.807) is 14.0 Å². The molecule has 1 aromatic heterocycles. The maximum atomic E-state index is 11.8. The van der Waals surface area contributed by atoms with Crippen LogP contribution >= 0.6 is 0 Å². The molecular weight excluding hydrogens is 292 g/mol. The summed E-state index contributed by atoms with van der Waals surface area (Å²) in [5.74, 6) is -0.796. The van der Waals surface area contributed by atoms with Gasteiger partial charge >= 0.3 is 5.97 Å². The van der Waals surface area contributed by atoms with Gasteiger partial charge in [-0.2, -0.15) is 0 Å². The lowest BCUT2D eigenvalue weighted by molar-refractivity contribution is 0.0518. The number of aromatic nitrogens is 2. The lowest BCUT2D eigenvalue weighted by Gasteiger charge is -2.06. The smallest absolute Gasteiger partial charge is 0.345 e. The predicted octanol–water partition coefficient (Wildman–Crippen LogP) is 1.15. The number of esters is 1.